The van der Waals surface area contributed by atoms with Crippen LogP contribution in [0.1, 0.15) is 154 Å². The molecule has 132 heavy (non-hydrogen) atoms. The van der Waals surface area contributed by atoms with E-state index in [0.29, 0.717) is 34.7 Å². The SMILES string of the molecule is CC(=O)c1cn(CCCN2CCC(Oc3ccc(F)cc3)CC2)c2c(C)cccc12.CC(=O)c1cn(CCCN2CCCN(Cc3ccc(F)cc3)CC2)c2c(C)cccc12.COc1cccc2c(C(=O)Cc3ccccc3)cn(CCCN3CCCN(Cc4ccc(F)cc4)CC3)c12.COc1cccc2c(C(C)=O)cn(CCCN3CCC(S(=O)(=O)c4ccc(Cl)cc4)CC3)c12. The molecule has 19 nitrogen and oxygen atoms in total. The molecule has 4 aliphatic rings. The number of rotatable bonds is 32. The molecule has 4 aliphatic heterocycles. The second kappa shape index (κ2) is 46.6. The number of aryl methyl sites for hydroxylation is 6. The number of aromatic nitrogens is 4. The quantitative estimate of drug-likeness (QED) is 0.0365. The molecule has 0 aliphatic carbocycles. The van der Waals surface area contributed by atoms with Gasteiger partial charge in [-0.1, -0.05) is 127 Å². The average molecular weight is 1830 g/mol. The number of ketones is 4. The van der Waals surface area contributed by atoms with Gasteiger partial charge in [-0.2, -0.15) is 0 Å². The van der Waals surface area contributed by atoms with Gasteiger partial charge < -0.3 is 52.1 Å². The number of likely N-dealkylation sites (tertiary alicyclic amines) is 2. The zero-order valence-electron chi connectivity index (χ0n) is 77.4. The normalized spacial score (nSPS) is 15.5. The van der Waals surface area contributed by atoms with Gasteiger partial charge in [-0.3, -0.25) is 29.0 Å². The van der Waals surface area contributed by atoms with Gasteiger partial charge in [0.25, 0.3) is 0 Å². The fourth-order valence-electron chi connectivity index (χ4n) is 19.3. The van der Waals surface area contributed by atoms with Crippen molar-refractivity contribution in [3.05, 3.63) is 298 Å². The van der Waals surface area contributed by atoms with Gasteiger partial charge >= 0.3 is 0 Å². The molecule has 0 atom stereocenters. The Hall–Kier alpha value is -11.0. The fraction of sp³-hybridized carbons (Fsp3) is 0.389. The predicted molar refractivity (Wildman–Crippen MR) is 523 cm³/mol. The number of hydrogen-bond donors (Lipinski definition) is 0. The van der Waals surface area contributed by atoms with Crippen LogP contribution in [0.4, 0.5) is 13.2 Å². The summed E-state index contributed by atoms with van der Waals surface area (Å²) in [5.74, 6) is 2.11. The highest BCUT2D eigenvalue weighted by atomic mass is 35.5. The fourth-order valence-corrected chi connectivity index (χ4v) is 21.2. The lowest BCUT2D eigenvalue weighted by molar-refractivity contribution is 0.0988. The third-order valence-corrected chi connectivity index (χ3v) is 28.8. The summed E-state index contributed by atoms with van der Waals surface area (Å²) in [6.07, 6.45) is 18.1. The summed E-state index contributed by atoms with van der Waals surface area (Å²) in [5.41, 5.74) is 13.2. The Labute approximate surface area is 780 Å². The highest BCUT2D eigenvalue weighted by molar-refractivity contribution is 7.92. The van der Waals surface area contributed by atoms with Crippen LogP contribution in [0.25, 0.3) is 43.6 Å². The van der Waals surface area contributed by atoms with Crippen molar-refractivity contribution < 1.29 is 55.0 Å². The highest BCUT2D eigenvalue weighted by Crippen LogP contribution is 2.36. The van der Waals surface area contributed by atoms with Crippen molar-refractivity contribution in [2.45, 2.75) is 161 Å². The molecule has 0 spiro atoms. The van der Waals surface area contributed by atoms with Crippen molar-refractivity contribution >= 4 is 88.2 Å². The summed E-state index contributed by atoms with van der Waals surface area (Å²) < 4.78 is 91.3. The Morgan fingerprint density at radius 1 is 0.371 bits per heavy atom. The highest BCUT2D eigenvalue weighted by Gasteiger charge is 2.32. The van der Waals surface area contributed by atoms with Gasteiger partial charge in [0.2, 0.25) is 0 Å². The molecule has 24 heteroatoms. The van der Waals surface area contributed by atoms with Crippen LogP contribution in [-0.2, 0) is 55.5 Å². The van der Waals surface area contributed by atoms with Crippen LogP contribution < -0.4 is 14.2 Å². The minimum absolute atomic E-state index is 0.0379. The molecule has 17 rings (SSSR count). The summed E-state index contributed by atoms with van der Waals surface area (Å²) in [6, 6.07) is 60.4. The van der Waals surface area contributed by atoms with E-state index in [1.54, 1.807) is 95.7 Å². The maximum absolute atomic E-state index is 13.3. The summed E-state index contributed by atoms with van der Waals surface area (Å²) in [7, 11) is -0.0107. The molecule has 4 saturated heterocycles. The standard InChI is InChI=1S/C32H36FN3O2.C26H32FN3O.C25H29ClN2O4S.C25H29FN2O2/c1-38-31-11-5-10-28-29(30(37)22-25-8-3-2-4-9-25)24-36(32(28)31)19-7-17-34-16-6-18-35(21-20-34)23-26-12-14-27(33)15-13-26;1-20-6-3-7-24-25(21(2)31)19-30(26(20)24)15-5-13-28-12-4-14-29(17-16-28)18-22-8-10-23(27)11-9-22;1-18(29)23-17-28(25-22(23)5-3-6-24(25)32-2)14-4-13-27-15-11-21(12-16-27)33(30,31)20-9-7-19(26)8-10-20;1-18-5-3-6-23-24(19(2)29)17-28(25(18)23)14-4-13-27-15-11-22(12-16-27)30-21-9-7-20(26)8-10-21/h2-5,8-15,24H,6-7,16-23H2,1H3;3,6-11,19H,4-5,12-18H2,1-2H3;3,5-10,17,21H,4,11-16H2,1-2H3;3,5-10,17,22H,4,11-16H2,1-2H3. The van der Waals surface area contributed by atoms with Crippen LogP contribution in [0, 0.1) is 31.3 Å². The first kappa shape index (κ1) is 97.0. The van der Waals surface area contributed by atoms with Crippen LogP contribution in [0.3, 0.4) is 0 Å². The van der Waals surface area contributed by atoms with Crippen LogP contribution in [0.5, 0.6) is 17.2 Å². The number of nitrogens with zero attached hydrogens (tertiary/aromatic N) is 10. The predicted octanol–water partition coefficient (Wildman–Crippen LogP) is 20.8. The van der Waals surface area contributed by atoms with Gasteiger partial charge in [-0.25, -0.2) is 21.6 Å². The maximum atomic E-state index is 13.3. The minimum Gasteiger partial charge on any atom is -0.495 e. The first-order chi connectivity index (χ1) is 63.9. The number of sulfone groups is 1. The molecule has 9 aromatic carbocycles. The van der Waals surface area contributed by atoms with E-state index in [1.807, 2.05) is 134 Å². The largest absolute Gasteiger partial charge is 0.495 e. The van der Waals surface area contributed by atoms with E-state index in [-0.39, 0.29) is 51.9 Å². The van der Waals surface area contributed by atoms with Gasteiger partial charge in [0.05, 0.1) is 46.4 Å². The molecule has 696 valence electrons. The Balaban J connectivity index is 0.000000142. The molecule has 0 unspecified atom stereocenters. The first-order valence-corrected chi connectivity index (χ1v) is 48.7. The van der Waals surface area contributed by atoms with E-state index in [1.165, 1.54) is 39.9 Å². The van der Waals surface area contributed by atoms with Gasteiger partial charge in [0, 0.05) is 159 Å². The molecule has 4 fully saturated rings. The average Bonchev–Trinajstić information content (AvgIpc) is 1.66. The molecule has 0 amide bonds. The van der Waals surface area contributed by atoms with Crippen molar-refractivity contribution in [1.82, 2.24) is 47.7 Å². The number of piperidine rings is 2. The number of fused-ring (bicyclic) bond motifs is 4. The number of Topliss-reactive ketones (excluding diaryl/α,β-unsaturated/α-hetero) is 4. The van der Waals surface area contributed by atoms with Crippen LogP contribution in [-0.4, -0.2) is 210 Å². The summed E-state index contributed by atoms with van der Waals surface area (Å²) in [5, 5.41) is 4.17. The van der Waals surface area contributed by atoms with Gasteiger partial charge in [0.1, 0.15) is 40.8 Å². The van der Waals surface area contributed by atoms with Gasteiger partial charge in [-0.05, 0) is 277 Å². The van der Waals surface area contributed by atoms with Crippen molar-refractivity contribution in [3.8, 4) is 17.2 Å². The molecule has 0 saturated carbocycles. The second-order valence-electron chi connectivity index (χ2n) is 35.6. The zero-order chi connectivity index (χ0) is 92.8. The second-order valence-corrected chi connectivity index (χ2v) is 38.3. The van der Waals surface area contributed by atoms with E-state index >= 15 is 0 Å². The molecular formula is C108H126ClF3N10O9S. The van der Waals surface area contributed by atoms with Crippen LogP contribution in [0.2, 0.25) is 5.02 Å². The number of hydrogen-bond acceptors (Lipinski definition) is 15. The molecular weight excluding hydrogens is 1710 g/mol. The number of benzene rings is 9. The lowest BCUT2D eigenvalue weighted by atomic mass is 10.0. The van der Waals surface area contributed by atoms with Gasteiger partial charge in [0.15, 0.2) is 33.0 Å². The van der Waals surface area contributed by atoms with Crippen LogP contribution >= 0.6 is 11.6 Å². The molecule has 0 radical (unpaired) electrons. The van der Waals surface area contributed by atoms with Crippen LogP contribution in [0.15, 0.2) is 230 Å². The van der Waals surface area contributed by atoms with Crippen molar-refractivity contribution in [2.75, 3.05) is 119 Å². The van der Waals surface area contributed by atoms with Crippen molar-refractivity contribution in [3.63, 3.8) is 0 Å². The Bertz CT molecular complexity index is 6150. The van der Waals surface area contributed by atoms with E-state index < -0.39 is 9.84 Å². The zero-order valence-corrected chi connectivity index (χ0v) is 79.0. The number of methoxy groups -OCH3 is 2. The van der Waals surface area contributed by atoms with E-state index in [4.69, 9.17) is 25.8 Å². The summed E-state index contributed by atoms with van der Waals surface area (Å²) in [4.78, 5) is 64.7. The number of halogens is 4. The van der Waals surface area contributed by atoms with E-state index in [2.05, 4.69) is 79.7 Å². The van der Waals surface area contributed by atoms with Crippen molar-refractivity contribution in [1.29, 1.82) is 0 Å². The monoisotopic (exact) mass is 1830 g/mol. The molecule has 13 aromatic rings. The molecule has 4 aromatic heterocycles. The molecule has 0 N–H and O–H groups in total. The third-order valence-electron chi connectivity index (χ3n) is 26.3. The van der Waals surface area contributed by atoms with Crippen molar-refractivity contribution in [2.24, 2.45) is 0 Å². The molecule has 8 heterocycles. The minimum atomic E-state index is -3.34. The lowest BCUT2D eigenvalue weighted by Gasteiger charge is -2.32. The lowest BCUT2D eigenvalue weighted by Crippen LogP contribution is -2.39. The summed E-state index contributed by atoms with van der Waals surface area (Å²) in [6.45, 7) is 30.2. The third kappa shape index (κ3) is 25.5. The topological polar surface area (TPSA) is 169 Å². The number of carbonyl (C=O) groups is 4. The maximum Gasteiger partial charge on any atom is 0.181 e. The van der Waals surface area contributed by atoms with E-state index in [0.717, 1.165) is 273 Å². The molecule has 0 bridgehead atoms. The Morgan fingerprint density at radius 3 is 1.14 bits per heavy atom. The Morgan fingerprint density at radius 2 is 0.727 bits per heavy atom. The number of ether oxygens (including phenoxy) is 3. The van der Waals surface area contributed by atoms with E-state index in [9.17, 15) is 40.8 Å². The van der Waals surface area contributed by atoms with Gasteiger partial charge in [-0.15, -0.1) is 0 Å². The number of carbonyl (C=O) groups excluding carboxylic acids is 4. The smallest absolute Gasteiger partial charge is 0.181 e. The number of para-hydroxylation sites is 4. The Kier molecular flexibility index (Phi) is 34.3. The first-order valence-electron chi connectivity index (χ1n) is 46.8. The summed E-state index contributed by atoms with van der Waals surface area (Å²) >= 11 is 5.90.